The summed E-state index contributed by atoms with van der Waals surface area (Å²) >= 11 is 0. The third-order valence-electron chi connectivity index (χ3n) is 2.49. The molecule has 1 aromatic carbocycles. The van der Waals surface area contributed by atoms with Crippen molar-refractivity contribution in [3.63, 3.8) is 0 Å². The lowest BCUT2D eigenvalue weighted by Crippen LogP contribution is -1.98. The van der Waals surface area contributed by atoms with Gasteiger partial charge in [0, 0.05) is 0 Å². The van der Waals surface area contributed by atoms with Crippen LogP contribution in [0.3, 0.4) is 0 Å². The molecule has 0 radical (unpaired) electrons. The van der Waals surface area contributed by atoms with E-state index >= 15 is 0 Å². The maximum Gasteiger partial charge on any atom is 0.0918 e. The Labute approximate surface area is 91.6 Å². The zero-order chi connectivity index (χ0) is 11.4. The summed E-state index contributed by atoms with van der Waals surface area (Å²) in [4.78, 5) is 3.99. The number of benzene rings is 1. The quantitative estimate of drug-likeness (QED) is 0.709. The number of nitrogens with one attached hydrogen (secondary N) is 1. The summed E-state index contributed by atoms with van der Waals surface area (Å²) in [5.74, 6) is 0.916. The van der Waals surface area contributed by atoms with E-state index in [4.69, 9.17) is 5.41 Å². The highest BCUT2D eigenvalue weighted by Gasteiger charge is 2.13. The highest BCUT2D eigenvalue weighted by atomic mass is 14.7. The second-order valence-corrected chi connectivity index (χ2v) is 4.31. The SMILES string of the molecule is CC(C)c1cccc(N=C=N)c1C(C)C. The van der Waals surface area contributed by atoms with Crippen molar-refractivity contribution in [2.24, 2.45) is 4.99 Å². The highest BCUT2D eigenvalue weighted by molar-refractivity contribution is 5.58. The Morgan fingerprint density at radius 1 is 1.13 bits per heavy atom. The van der Waals surface area contributed by atoms with Gasteiger partial charge < -0.3 is 0 Å². The van der Waals surface area contributed by atoms with E-state index in [0.29, 0.717) is 11.8 Å². The van der Waals surface area contributed by atoms with Crippen LogP contribution in [0.5, 0.6) is 0 Å². The van der Waals surface area contributed by atoms with Gasteiger partial charge in [-0.2, -0.15) is 4.99 Å². The van der Waals surface area contributed by atoms with Gasteiger partial charge in [-0.05, 0) is 29.0 Å². The van der Waals surface area contributed by atoms with E-state index in [-0.39, 0.29) is 0 Å². The Morgan fingerprint density at radius 3 is 2.27 bits per heavy atom. The van der Waals surface area contributed by atoms with E-state index in [9.17, 15) is 0 Å². The molecule has 0 spiro atoms. The van der Waals surface area contributed by atoms with Gasteiger partial charge >= 0.3 is 0 Å². The van der Waals surface area contributed by atoms with E-state index in [0.717, 1.165) is 5.69 Å². The monoisotopic (exact) mass is 202 g/mol. The number of hydrogen-bond donors (Lipinski definition) is 1. The van der Waals surface area contributed by atoms with E-state index in [2.05, 4.69) is 44.8 Å². The molecule has 1 aromatic rings. The zero-order valence-electron chi connectivity index (χ0n) is 9.83. The molecule has 2 nitrogen and oxygen atoms in total. The molecule has 0 saturated carbocycles. The van der Waals surface area contributed by atoms with Gasteiger partial charge in [-0.25, -0.2) is 5.41 Å². The number of aliphatic imine (C=N–C) groups is 1. The van der Waals surface area contributed by atoms with Crippen LogP contribution < -0.4 is 0 Å². The first-order valence-corrected chi connectivity index (χ1v) is 5.33. The molecule has 0 heterocycles. The molecule has 0 aliphatic rings. The average Bonchev–Trinajstić information content (AvgIpc) is 2.17. The molecule has 15 heavy (non-hydrogen) atoms. The molecule has 0 aromatic heterocycles. The molecule has 0 amide bonds. The van der Waals surface area contributed by atoms with E-state index in [1.807, 2.05) is 12.1 Å². The minimum atomic E-state index is 0.427. The third kappa shape index (κ3) is 2.54. The molecule has 0 fully saturated rings. The second kappa shape index (κ2) is 4.90. The zero-order valence-corrected chi connectivity index (χ0v) is 9.83. The fourth-order valence-corrected chi connectivity index (χ4v) is 1.86. The molecule has 0 atom stereocenters. The Hall–Kier alpha value is -1.40. The van der Waals surface area contributed by atoms with Gasteiger partial charge in [0.25, 0.3) is 0 Å². The molecule has 1 N–H and O–H groups in total. The lowest BCUT2D eigenvalue weighted by atomic mass is 9.89. The largest absolute Gasteiger partial charge is 0.241 e. The Kier molecular flexibility index (Phi) is 3.81. The second-order valence-electron chi connectivity index (χ2n) is 4.31. The van der Waals surface area contributed by atoms with Crippen LogP contribution in [0.25, 0.3) is 0 Å². The number of rotatable bonds is 3. The maximum atomic E-state index is 6.94. The molecule has 0 bridgehead atoms. The summed E-state index contributed by atoms with van der Waals surface area (Å²) in [6, 6.07) is 8.21. The van der Waals surface area contributed by atoms with Crippen molar-refractivity contribution in [3.05, 3.63) is 29.3 Å². The molecule has 0 aliphatic heterocycles. The minimum Gasteiger partial charge on any atom is -0.241 e. The van der Waals surface area contributed by atoms with Crippen LogP contribution in [0.1, 0.15) is 50.7 Å². The van der Waals surface area contributed by atoms with Gasteiger partial charge in [0.2, 0.25) is 0 Å². The molecule has 0 aliphatic carbocycles. The van der Waals surface area contributed by atoms with Crippen molar-refractivity contribution >= 4 is 11.7 Å². The Balaban J connectivity index is 3.41. The van der Waals surface area contributed by atoms with E-state index < -0.39 is 0 Å². The number of nitrogens with zero attached hydrogens (tertiary/aromatic N) is 1. The van der Waals surface area contributed by atoms with Crippen LogP contribution in [0.15, 0.2) is 23.2 Å². The topological polar surface area (TPSA) is 36.2 Å². The molecular weight excluding hydrogens is 184 g/mol. The standard InChI is InChI=1S/C13H18N2/c1-9(2)11-6-5-7-12(15-8-14)13(11)10(3)4/h5-7,9-10,14H,1-4H3. The summed E-state index contributed by atoms with van der Waals surface area (Å²) in [7, 11) is 0. The summed E-state index contributed by atoms with van der Waals surface area (Å²) < 4.78 is 0. The van der Waals surface area contributed by atoms with Crippen molar-refractivity contribution in [2.75, 3.05) is 0 Å². The van der Waals surface area contributed by atoms with Crippen LogP contribution in [-0.2, 0) is 0 Å². The van der Waals surface area contributed by atoms with Gasteiger partial charge in [0.15, 0.2) is 0 Å². The van der Waals surface area contributed by atoms with Crippen LogP contribution in [0.2, 0.25) is 0 Å². The fourth-order valence-electron chi connectivity index (χ4n) is 1.86. The van der Waals surface area contributed by atoms with Crippen LogP contribution in [0.4, 0.5) is 5.69 Å². The summed E-state index contributed by atoms with van der Waals surface area (Å²) in [6.07, 6.45) is 0. The van der Waals surface area contributed by atoms with E-state index in [1.54, 1.807) is 0 Å². The predicted octanol–water partition coefficient (Wildman–Crippen LogP) is 4.32. The minimum absolute atomic E-state index is 0.427. The maximum absolute atomic E-state index is 6.94. The first kappa shape index (κ1) is 11.7. The van der Waals surface area contributed by atoms with Crippen molar-refractivity contribution in [1.82, 2.24) is 0 Å². The highest BCUT2D eigenvalue weighted by Crippen LogP contribution is 2.33. The predicted molar refractivity (Wildman–Crippen MR) is 64.4 cm³/mol. The van der Waals surface area contributed by atoms with Gasteiger partial charge in [-0.15, -0.1) is 0 Å². The molecule has 2 heteroatoms. The molecule has 1 rings (SSSR count). The summed E-state index contributed by atoms with van der Waals surface area (Å²) in [6.45, 7) is 8.67. The first-order chi connectivity index (χ1) is 7.07. The van der Waals surface area contributed by atoms with Gasteiger partial charge in [-0.3, -0.25) is 0 Å². The Morgan fingerprint density at radius 2 is 1.80 bits per heavy atom. The van der Waals surface area contributed by atoms with Crippen LogP contribution in [0, 0.1) is 5.41 Å². The first-order valence-electron chi connectivity index (χ1n) is 5.33. The van der Waals surface area contributed by atoms with Crippen LogP contribution >= 0.6 is 0 Å². The Bertz CT molecular complexity index is 386. The van der Waals surface area contributed by atoms with Crippen LogP contribution in [-0.4, -0.2) is 6.01 Å². The van der Waals surface area contributed by atoms with E-state index in [1.165, 1.54) is 11.1 Å². The van der Waals surface area contributed by atoms with Crippen molar-refractivity contribution < 1.29 is 0 Å². The van der Waals surface area contributed by atoms with Gasteiger partial charge in [-0.1, -0.05) is 39.8 Å². The normalized spacial score (nSPS) is 10.5. The average molecular weight is 202 g/mol. The molecule has 0 unspecified atom stereocenters. The molecular formula is C13H18N2. The number of hydrogen-bond acceptors (Lipinski definition) is 2. The van der Waals surface area contributed by atoms with Crippen molar-refractivity contribution in [2.45, 2.75) is 39.5 Å². The smallest absolute Gasteiger partial charge is 0.0918 e. The van der Waals surface area contributed by atoms with Gasteiger partial charge in [0.05, 0.1) is 11.7 Å². The molecule has 80 valence electrons. The lowest BCUT2D eigenvalue weighted by Gasteiger charge is -2.17. The van der Waals surface area contributed by atoms with Gasteiger partial charge in [0.1, 0.15) is 0 Å². The third-order valence-corrected chi connectivity index (χ3v) is 2.49. The summed E-state index contributed by atoms with van der Waals surface area (Å²) in [5, 5.41) is 6.94. The fraction of sp³-hybridized carbons (Fsp3) is 0.462. The molecule has 0 saturated heterocycles. The van der Waals surface area contributed by atoms with Crippen molar-refractivity contribution in [3.8, 4) is 0 Å². The van der Waals surface area contributed by atoms with Crippen molar-refractivity contribution in [1.29, 1.82) is 5.41 Å². The lowest BCUT2D eigenvalue weighted by molar-refractivity contribution is 0.791. The summed E-state index contributed by atoms with van der Waals surface area (Å²) in [5.41, 5.74) is 3.44.